The number of carbonyl (C=O) groups is 1. The Hall–Kier alpha value is -2.11. The zero-order valence-corrected chi connectivity index (χ0v) is 13.5. The molecule has 0 spiro atoms. The van der Waals surface area contributed by atoms with Gasteiger partial charge in [0.15, 0.2) is 0 Å². The minimum absolute atomic E-state index is 0.0376. The number of rotatable bonds is 4. The predicted molar refractivity (Wildman–Crippen MR) is 93.0 cm³/mol. The molecule has 1 N–H and O–H groups in total. The molecule has 1 fully saturated rings. The van der Waals surface area contributed by atoms with Crippen LogP contribution in [0.15, 0.2) is 48.7 Å². The van der Waals surface area contributed by atoms with Gasteiger partial charge in [-0.3, -0.25) is 9.69 Å². The summed E-state index contributed by atoms with van der Waals surface area (Å²) in [6.07, 6.45) is 1.80. The molecule has 1 saturated heterocycles. The second-order valence-corrected chi connectivity index (χ2v) is 5.89. The quantitative estimate of drug-likeness (QED) is 0.935. The molecule has 1 aliphatic heterocycles. The van der Waals surface area contributed by atoms with Crippen LogP contribution in [0, 0.1) is 0 Å². The van der Waals surface area contributed by atoms with Crippen LogP contribution < -0.4 is 10.2 Å². The first kappa shape index (κ1) is 15.8. The molecule has 2 aromatic rings. The molecule has 1 amide bonds. The number of aromatic nitrogens is 1. The molecule has 1 aromatic heterocycles. The van der Waals surface area contributed by atoms with Crippen LogP contribution in [0.2, 0.25) is 5.02 Å². The zero-order valence-electron chi connectivity index (χ0n) is 12.8. The molecular weight excluding hydrogens is 312 g/mol. The van der Waals surface area contributed by atoms with Crippen LogP contribution in [0.25, 0.3) is 0 Å². The Labute approximate surface area is 140 Å². The summed E-state index contributed by atoms with van der Waals surface area (Å²) in [5.74, 6) is 0.956. The van der Waals surface area contributed by atoms with Crippen molar-refractivity contribution >= 4 is 29.0 Å². The Morgan fingerprint density at radius 1 is 1.09 bits per heavy atom. The lowest BCUT2D eigenvalue weighted by Gasteiger charge is -2.34. The summed E-state index contributed by atoms with van der Waals surface area (Å²) < 4.78 is 0. The first-order valence-electron chi connectivity index (χ1n) is 7.65. The van der Waals surface area contributed by atoms with Crippen molar-refractivity contribution in [1.82, 2.24) is 9.88 Å². The number of hydrogen-bond acceptors (Lipinski definition) is 4. The summed E-state index contributed by atoms with van der Waals surface area (Å²) >= 11 is 6.06. The van der Waals surface area contributed by atoms with Gasteiger partial charge in [-0.15, -0.1) is 0 Å². The predicted octanol–water partition coefficient (Wildman–Crippen LogP) is 2.50. The Morgan fingerprint density at radius 2 is 1.83 bits per heavy atom. The summed E-state index contributed by atoms with van der Waals surface area (Å²) in [5, 5.41) is 3.42. The van der Waals surface area contributed by atoms with Crippen molar-refractivity contribution in [2.75, 3.05) is 42.9 Å². The fourth-order valence-corrected chi connectivity index (χ4v) is 2.81. The third kappa shape index (κ3) is 4.21. The van der Waals surface area contributed by atoms with Gasteiger partial charge < -0.3 is 10.2 Å². The first-order valence-corrected chi connectivity index (χ1v) is 8.03. The van der Waals surface area contributed by atoms with E-state index in [0.29, 0.717) is 17.3 Å². The summed E-state index contributed by atoms with van der Waals surface area (Å²) in [7, 11) is 0. The first-order chi connectivity index (χ1) is 11.2. The van der Waals surface area contributed by atoms with Crippen LogP contribution in [0.5, 0.6) is 0 Å². The Kier molecular flexibility index (Phi) is 5.10. The van der Waals surface area contributed by atoms with E-state index < -0.39 is 0 Å². The summed E-state index contributed by atoms with van der Waals surface area (Å²) in [5.41, 5.74) is 0.659. The van der Waals surface area contributed by atoms with Crippen molar-refractivity contribution in [3.05, 3.63) is 53.7 Å². The molecule has 0 unspecified atom stereocenters. The lowest BCUT2D eigenvalue weighted by molar-refractivity contribution is -0.117. The number of benzene rings is 1. The minimum atomic E-state index is -0.0376. The van der Waals surface area contributed by atoms with Crippen LogP contribution >= 0.6 is 11.6 Å². The molecule has 3 rings (SSSR count). The number of para-hydroxylation sites is 1. The molecule has 0 aliphatic carbocycles. The fourth-order valence-electron chi connectivity index (χ4n) is 2.63. The number of amides is 1. The maximum atomic E-state index is 12.1. The van der Waals surface area contributed by atoms with Crippen molar-refractivity contribution in [3.8, 4) is 0 Å². The smallest absolute Gasteiger partial charge is 0.238 e. The van der Waals surface area contributed by atoms with Crippen molar-refractivity contribution in [1.29, 1.82) is 0 Å². The lowest BCUT2D eigenvalue weighted by atomic mass is 10.3. The second kappa shape index (κ2) is 7.44. The molecule has 2 heterocycles. The van der Waals surface area contributed by atoms with Crippen molar-refractivity contribution in [2.24, 2.45) is 0 Å². The van der Waals surface area contributed by atoms with Gasteiger partial charge in [0.1, 0.15) is 5.82 Å². The highest BCUT2D eigenvalue weighted by Crippen LogP contribution is 2.20. The van der Waals surface area contributed by atoms with Crippen molar-refractivity contribution < 1.29 is 4.79 Å². The summed E-state index contributed by atoms with van der Waals surface area (Å²) in [6.45, 7) is 3.80. The molecule has 1 aliphatic rings. The molecule has 5 nitrogen and oxygen atoms in total. The Morgan fingerprint density at radius 3 is 2.52 bits per heavy atom. The molecule has 6 heteroatoms. The highest BCUT2D eigenvalue weighted by Gasteiger charge is 2.19. The van der Waals surface area contributed by atoms with E-state index in [-0.39, 0.29) is 5.91 Å². The number of halogens is 1. The maximum absolute atomic E-state index is 12.1. The number of hydrogen-bond donors (Lipinski definition) is 1. The van der Waals surface area contributed by atoms with Gasteiger partial charge in [0.25, 0.3) is 0 Å². The van der Waals surface area contributed by atoms with Crippen molar-refractivity contribution in [3.63, 3.8) is 0 Å². The van der Waals surface area contributed by atoms with Gasteiger partial charge in [0, 0.05) is 32.4 Å². The number of carbonyl (C=O) groups excluding carboxylic acids is 1. The van der Waals surface area contributed by atoms with E-state index in [2.05, 4.69) is 20.1 Å². The van der Waals surface area contributed by atoms with Gasteiger partial charge in [0.05, 0.1) is 17.3 Å². The van der Waals surface area contributed by atoms with E-state index in [1.54, 1.807) is 18.3 Å². The van der Waals surface area contributed by atoms with Gasteiger partial charge in [0.2, 0.25) is 5.91 Å². The third-order valence-electron chi connectivity index (χ3n) is 3.86. The van der Waals surface area contributed by atoms with Crippen LogP contribution in [0.1, 0.15) is 0 Å². The van der Waals surface area contributed by atoms with Crippen LogP contribution in [0.3, 0.4) is 0 Å². The molecule has 1 aromatic carbocycles. The number of nitrogens with one attached hydrogen (secondary N) is 1. The van der Waals surface area contributed by atoms with Gasteiger partial charge in [-0.1, -0.05) is 29.8 Å². The fraction of sp³-hybridized carbons (Fsp3) is 0.294. The van der Waals surface area contributed by atoms with E-state index >= 15 is 0 Å². The Bertz CT molecular complexity index is 657. The SMILES string of the molecule is O=C(CN1CCN(c2ccccn2)CC1)Nc1ccccc1Cl. The molecule has 0 bridgehead atoms. The van der Waals surface area contributed by atoms with E-state index in [4.69, 9.17) is 11.6 Å². The normalized spacial score (nSPS) is 15.4. The lowest BCUT2D eigenvalue weighted by Crippen LogP contribution is -2.48. The maximum Gasteiger partial charge on any atom is 0.238 e. The summed E-state index contributed by atoms with van der Waals surface area (Å²) in [6, 6.07) is 13.2. The van der Waals surface area contributed by atoms with E-state index in [0.717, 1.165) is 32.0 Å². The number of piperazine rings is 1. The highest BCUT2D eigenvalue weighted by atomic mass is 35.5. The van der Waals surface area contributed by atoms with Crippen molar-refractivity contribution in [2.45, 2.75) is 0 Å². The van der Waals surface area contributed by atoms with Gasteiger partial charge >= 0.3 is 0 Å². The molecule has 120 valence electrons. The molecule has 0 atom stereocenters. The largest absolute Gasteiger partial charge is 0.354 e. The molecular formula is C17H19ClN4O. The van der Waals surface area contributed by atoms with Gasteiger partial charge in [-0.25, -0.2) is 4.98 Å². The zero-order chi connectivity index (χ0) is 16.1. The van der Waals surface area contributed by atoms with E-state index in [9.17, 15) is 4.79 Å². The standard InChI is InChI=1S/C17H19ClN4O/c18-14-5-1-2-6-15(14)20-17(23)13-21-9-11-22(12-10-21)16-7-3-4-8-19-16/h1-8H,9-13H2,(H,20,23). The summed E-state index contributed by atoms with van der Waals surface area (Å²) in [4.78, 5) is 20.9. The van der Waals surface area contributed by atoms with E-state index in [1.165, 1.54) is 0 Å². The van der Waals surface area contributed by atoms with E-state index in [1.807, 2.05) is 30.3 Å². The average molecular weight is 331 g/mol. The minimum Gasteiger partial charge on any atom is -0.354 e. The highest BCUT2D eigenvalue weighted by molar-refractivity contribution is 6.33. The second-order valence-electron chi connectivity index (χ2n) is 5.48. The van der Waals surface area contributed by atoms with Gasteiger partial charge in [-0.05, 0) is 24.3 Å². The Balaban J connectivity index is 1.49. The van der Waals surface area contributed by atoms with Crippen LogP contribution in [-0.4, -0.2) is 48.5 Å². The molecule has 0 radical (unpaired) electrons. The number of anilines is 2. The topological polar surface area (TPSA) is 48.5 Å². The average Bonchev–Trinajstić information content (AvgIpc) is 2.58. The molecule has 23 heavy (non-hydrogen) atoms. The van der Waals surface area contributed by atoms with Crippen LogP contribution in [-0.2, 0) is 4.79 Å². The third-order valence-corrected chi connectivity index (χ3v) is 4.19. The van der Waals surface area contributed by atoms with Crippen LogP contribution in [0.4, 0.5) is 11.5 Å². The monoisotopic (exact) mass is 330 g/mol. The number of nitrogens with zero attached hydrogens (tertiary/aromatic N) is 3. The van der Waals surface area contributed by atoms with Gasteiger partial charge in [-0.2, -0.15) is 0 Å². The number of pyridine rings is 1. The molecule has 0 saturated carbocycles.